The van der Waals surface area contributed by atoms with E-state index in [9.17, 15) is 8.42 Å². The highest BCUT2D eigenvalue weighted by Gasteiger charge is 2.35. The standard InChI is InChI=1S/C21H27NO4S/c1-16-4-9-20(14-17(16)2)27(23,24)22-15-21(10-12-26-13-11-21)18-5-7-19(25-3)8-6-18/h4-9,14,22H,10-13,15H2,1-3H3. The van der Waals surface area contributed by atoms with Gasteiger partial charge in [-0.05, 0) is 67.6 Å². The lowest BCUT2D eigenvalue weighted by Crippen LogP contribution is -2.44. The molecule has 1 N–H and O–H groups in total. The third kappa shape index (κ3) is 4.34. The summed E-state index contributed by atoms with van der Waals surface area (Å²) in [4.78, 5) is 0.308. The van der Waals surface area contributed by atoms with E-state index in [-0.39, 0.29) is 5.41 Å². The maximum Gasteiger partial charge on any atom is 0.240 e. The minimum Gasteiger partial charge on any atom is -0.497 e. The van der Waals surface area contributed by atoms with Gasteiger partial charge in [-0.2, -0.15) is 0 Å². The molecule has 3 rings (SSSR count). The van der Waals surface area contributed by atoms with Gasteiger partial charge in [0.1, 0.15) is 5.75 Å². The molecule has 1 aliphatic heterocycles. The van der Waals surface area contributed by atoms with Gasteiger partial charge < -0.3 is 9.47 Å². The first-order chi connectivity index (χ1) is 12.9. The number of aryl methyl sites for hydroxylation is 2. The van der Waals surface area contributed by atoms with Crippen LogP contribution < -0.4 is 9.46 Å². The SMILES string of the molecule is COc1ccc(C2(CNS(=O)(=O)c3ccc(C)c(C)c3)CCOCC2)cc1. The zero-order chi connectivity index (χ0) is 19.5. The van der Waals surface area contributed by atoms with Gasteiger partial charge in [0.2, 0.25) is 10.0 Å². The van der Waals surface area contributed by atoms with Crippen LogP contribution in [0.3, 0.4) is 0 Å². The molecular weight excluding hydrogens is 362 g/mol. The molecule has 1 fully saturated rings. The fourth-order valence-corrected chi connectivity index (χ4v) is 4.68. The molecule has 0 bridgehead atoms. The molecule has 1 heterocycles. The van der Waals surface area contributed by atoms with Crippen molar-refractivity contribution >= 4 is 10.0 Å². The Morgan fingerprint density at radius 2 is 1.70 bits per heavy atom. The first-order valence-corrected chi connectivity index (χ1v) is 10.6. The van der Waals surface area contributed by atoms with Crippen molar-refractivity contribution in [1.82, 2.24) is 4.72 Å². The van der Waals surface area contributed by atoms with Gasteiger partial charge in [-0.15, -0.1) is 0 Å². The summed E-state index contributed by atoms with van der Waals surface area (Å²) in [6.45, 7) is 5.48. The Labute approximate surface area is 161 Å². The van der Waals surface area contributed by atoms with Crippen molar-refractivity contribution in [3.05, 3.63) is 59.2 Å². The van der Waals surface area contributed by atoms with Crippen LogP contribution in [-0.4, -0.2) is 35.3 Å². The third-order valence-electron chi connectivity index (χ3n) is 5.54. The molecule has 1 aliphatic rings. The van der Waals surface area contributed by atoms with Crippen molar-refractivity contribution in [1.29, 1.82) is 0 Å². The van der Waals surface area contributed by atoms with Crippen LogP contribution in [0.5, 0.6) is 5.75 Å². The summed E-state index contributed by atoms with van der Waals surface area (Å²) in [5, 5.41) is 0. The van der Waals surface area contributed by atoms with Gasteiger partial charge in [0, 0.05) is 25.2 Å². The van der Waals surface area contributed by atoms with Gasteiger partial charge in [0.05, 0.1) is 12.0 Å². The Bertz CT molecular complexity index is 885. The van der Waals surface area contributed by atoms with Crippen LogP contribution in [0.4, 0.5) is 0 Å². The molecule has 0 amide bonds. The molecule has 0 spiro atoms. The summed E-state index contributed by atoms with van der Waals surface area (Å²) in [6.07, 6.45) is 1.55. The van der Waals surface area contributed by atoms with Gasteiger partial charge in [-0.1, -0.05) is 18.2 Å². The number of sulfonamides is 1. The van der Waals surface area contributed by atoms with Crippen molar-refractivity contribution in [3.63, 3.8) is 0 Å². The number of hydrogen-bond donors (Lipinski definition) is 1. The highest BCUT2D eigenvalue weighted by molar-refractivity contribution is 7.89. The molecule has 27 heavy (non-hydrogen) atoms. The van der Waals surface area contributed by atoms with E-state index in [0.29, 0.717) is 24.7 Å². The van der Waals surface area contributed by atoms with Crippen molar-refractivity contribution in [2.45, 2.75) is 37.0 Å². The quantitative estimate of drug-likeness (QED) is 0.823. The Morgan fingerprint density at radius 1 is 1.04 bits per heavy atom. The lowest BCUT2D eigenvalue weighted by molar-refractivity contribution is 0.0517. The number of hydrogen-bond acceptors (Lipinski definition) is 4. The van der Waals surface area contributed by atoms with Crippen molar-refractivity contribution in [3.8, 4) is 5.75 Å². The van der Waals surface area contributed by atoms with Crippen LogP contribution in [-0.2, 0) is 20.2 Å². The highest BCUT2D eigenvalue weighted by Crippen LogP contribution is 2.35. The summed E-state index contributed by atoms with van der Waals surface area (Å²) in [5.41, 5.74) is 2.87. The Hall–Kier alpha value is -1.89. The predicted molar refractivity (Wildman–Crippen MR) is 106 cm³/mol. The maximum absolute atomic E-state index is 12.8. The minimum absolute atomic E-state index is 0.280. The Morgan fingerprint density at radius 3 is 2.30 bits per heavy atom. The third-order valence-corrected chi connectivity index (χ3v) is 6.94. The monoisotopic (exact) mass is 389 g/mol. The van der Waals surface area contributed by atoms with Crippen LogP contribution in [0.1, 0.15) is 29.5 Å². The van der Waals surface area contributed by atoms with E-state index in [1.54, 1.807) is 19.2 Å². The Kier molecular flexibility index (Phi) is 5.89. The number of methoxy groups -OCH3 is 1. The van der Waals surface area contributed by atoms with Gasteiger partial charge in [0.15, 0.2) is 0 Å². The van der Waals surface area contributed by atoms with E-state index >= 15 is 0 Å². The summed E-state index contributed by atoms with van der Waals surface area (Å²) in [6, 6.07) is 13.1. The molecule has 0 unspecified atom stereocenters. The van der Waals surface area contributed by atoms with E-state index in [0.717, 1.165) is 35.3 Å². The minimum atomic E-state index is -3.57. The summed E-state index contributed by atoms with van der Waals surface area (Å²) in [7, 11) is -1.94. The topological polar surface area (TPSA) is 64.6 Å². The number of nitrogens with one attached hydrogen (secondary N) is 1. The normalized spacial score (nSPS) is 16.9. The first-order valence-electron chi connectivity index (χ1n) is 9.15. The molecule has 5 nitrogen and oxygen atoms in total. The molecule has 0 aromatic heterocycles. The molecule has 6 heteroatoms. The van der Waals surface area contributed by atoms with Crippen LogP contribution in [0, 0.1) is 13.8 Å². The van der Waals surface area contributed by atoms with Crippen molar-refractivity contribution in [2.75, 3.05) is 26.9 Å². The summed E-state index contributed by atoms with van der Waals surface area (Å²) < 4.78 is 39.3. The second kappa shape index (κ2) is 8.00. The lowest BCUT2D eigenvalue weighted by atomic mass is 9.74. The molecule has 0 aliphatic carbocycles. The largest absolute Gasteiger partial charge is 0.497 e. The molecule has 2 aromatic carbocycles. The Balaban J connectivity index is 1.85. The average Bonchev–Trinajstić information content (AvgIpc) is 2.69. The molecule has 0 radical (unpaired) electrons. The maximum atomic E-state index is 12.8. The summed E-state index contributed by atoms with van der Waals surface area (Å²) >= 11 is 0. The molecule has 0 atom stereocenters. The van der Waals surface area contributed by atoms with Gasteiger partial charge in [-0.25, -0.2) is 13.1 Å². The van der Waals surface area contributed by atoms with Crippen LogP contribution in [0.25, 0.3) is 0 Å². The molecule has 146 valence electrons. The molecule has 0 saturated carbocycles. The summed E-state index contributed by atoms with van der Waals surface area (Å²) in [5.74, 6) is 0.789. The average molecular weight is 390 g/mol. The smallest absolute Gasteiger partial charge is 0.240 e. The van der Waals surface area contributed by atoms with E-state index in [1.165, 1.54) is 0 Å². The predicted octanol–water partition coefficient (Wildman–Crippen LogP) is 3.34. The molecule has 1 saturated heterocycles. The zero-order valence-electron chi connectivity index (χ0n) is 16.1. The zero-order valence-corrected chi connectivity index (χ0v) is 16.9. The number of ether oxygens (including phenoxy) is 2. The fourth-order valence-electron chi connectivity index (χ4n) is 3.47. The fraction of sp³-hybridized carbons (Fsp3) is 0.429. The van der Waals surface area contributed by atoms with E-state index in [2.05, 4.69) is 4.72 Å². The van der Waals surface area contributed by atoms with Crippen LogP contribution in [0.15, 0.2) is 47.4 Å². The number of benzene rings is 2. The van der Waals surface area contributed by atoms with E-state index < -0.39 is 10.0 Å². The van der Waals surface area contributed by atoms with E-state index in [1.807, 2.05) is 44.2 Å². The van der Waals surface area contributed by atoms with Crippen molar-refractivity contribution < 1.29 is 17.9 Å². The molecular formula is C21H27NO4S. The second-order valence-electron chi connectivity index (χ2n) is 7.19. The van der Waals surface area contributed by atoms with Gasteiger partial charge in [-0.3, -0.25) is 0 Å². The molecule has 2 aromatic rings. The second-order valence-corrected chi connectivity index (χ2v) is 8.96. The van der Waals surface area contributed by atoms with Crippen LogP contribution in [0.2, 0.25) is 0 Å². The van der Waals surface area contributed by atoms with Crippen LogP contribution >= 0.6 is 0 Å². The van der Waals surface area contributed by atoms with E-state index in [4.69, 9.17) is 9.47 Å². The number of rotatable bonds is 6. The van der Waals surface area contributed by atoms with Gasteiger partial charge in [0.25, 0.3) is 0 Å². The lowest BCUT2D eigenvalue weighted by Gasteiger charge is -2.38. The highest BCUT2D eigenvalue weighted by atomic mass is 32.2. The van der Waals surface area contributed by atoms with Gasteiger partial charge >= 0.3 is 0 Å². The van der Waals surface area contributed by atoms with Crippen molar-refractivity contribution in [2.24, 2.45) is 0 Å². The first kappa shape index (κ1) is 19.9.